The van der Waals surface area contributed by atoms with Crippen LogP contribution in [0.3, 0.4) is 0 Å². The molecule has 0 spiro atoms. The molecule has 0 aromatic heterocycles. The van der Waals surface area contributed by atoms with Crippen molar-refractivity contribution in [2.75, 3.05) is 32.2 Å². The fraction of sp³-hybridized carbons (Fsp3) is 0.333. The van der Waals surface area contributed by atoms with Crippen LogP contribution in [0.1, 0.15) is 12.0 Å². The van der Waals surface area contributed by atoms with E-state index in [0.717, 1.165) is 11.3 Å². The zero-order valence-electron chi connectivity index (χ0n) is 15.9. The minimum atomic E-state index is -0.396. The smallest absolute Gasteiger partial charge is 0.227 e. The molecule has 1 saturated heterocycles. The van der Waals surface area contributed by atoms with Gasteiger partial charge in [0.2, 0.25) is 11.8 Å². The second kappa shape index (κ2) is 8.97. The summed E-state index contributed by atoms with van der Waals surface area (Å²) >= 11 is 6.06. The van der Waals surface area contributed by atoms with Crippen molar-refractivity contribution in [3.05, 3.63) is 53.1 Å². The molecule has 0 aliphatic carbocycles. The van der Waals surface area contributed by atoms with E-state index in [1.165, 1.54) is 7.11 Å². The zero-order valence-corrected chi connectivity index (χ0v) is 16.7. The van der Waals surface area contributed by atoms with E-state index in [1.807, 2.05) is 24.3 Å². The summed E-state index contributed by atoms with van der Waals surface area (Å²) in [6.07, 6.45) is 0.881. The lowest BCUT2D eigenvalue weighted by Crippen LogP contribution is -2.34. The lowest BCUT2D eigenvalue weighted by atomic mass is 10.1. The summed E-state index contributed by atoms with van der Waals surface area (Å²) in [5.74, 6) is 0.723. The van der Waals surface area contributed by atoms with Crippen molar-refractivity contribution in [3.63, 3.8) is 0 Å². The molecule has 148 valence electrons. The molecule has 2 aromatic rings. The molecule has 2 aromatic carbocycles. The normalized spacial score (nSPS) is 16.2. The van der Waals surface area contributed by atoms with E-state index in [0.29, 0.717) is 36.0 Å². The van der Waals surface area contributed by atoms with Gasteiger partial charge in [-0.3, -0.25) is 9.59 Å². The van der Waals surface area contributed by atoms with Gasteiger partial charge in [-0.15, -0.1) is 0 Å². The van der Waals surface area contributed by atoms with Crippen LogP contribution in [0.2, 0.25) is 5.02 Å². The van der Waals surface area contributed by atoms with Gasteiger partial charge in [-0.2, -0.15) is 0 Å². The number of rotatable bonds is 7. The Kier molecular flexibility index (Phi) is 6.41. The van der Waals surface area contributed by atoms with Gasteiger partial charge in [-0.25, -0.2) is 0 Å². The summed E-state index contributed by atoms with van der Waals surface area (Å²) < 4.78 is 10.5. The molecule has 1 atom stereocenters. The third-order valence-electron chi connectivity index (χ3n) is 4.80. The monoisotopic (exact) mass is 402 g/mol. The third kappa shape index (κ3) is 4.57. The molecule has 6 nitrogen and oxygen atoms in total. The van der Waals surface area contributed by atoms with E-state index in [2.05, 4.69) is 5.32 Å². The zero-order chi connectivity index (χ0) is 20.1. The lowest BCUT2D eigenvalue weighted by molar-refractivity contribution is -0.126. The van der Waals surface area contributed by atoms with Gasteiger partial charge in [0.25, 0.3) is 0 Å². The Hall–Kier alpha value is -2.73. The maximum absolute atomic E-state index is 12.5. The van der Waals surface area contributed by atoms with Crippen LogP contribution in [0.5, 0.6) is 11.5 Å². The second-order valence-electron chi connectivity index (χ2n) is 6.61. The van der Waals surface area contributed by atoms with Gasteiger partial charge in [-0.1, -0.05) is 23.7 Å². The molecule has 3 rings (SSSR count). The van der Waals surface area contributed by atoms with E-state index < -0.39 is 5.92 Å². The highest BCUT2D eigenvalue weighted by molar-refractivity contribution is 6.31. The highest BCUT2D eigenvalue weighted by Crippen LogP contribution is 2.35. The van der Waals surface area contributed by atoms with Gasteiger partial charge < -0.3 is 19.7 Å². The molecule has 0 bridgehead atoms. The Morgan fingerprint density at radius 3 is 2.61 bits per heavy atom. The fourth-order valence-electron chi connectivity index (χ4n) is 3.26. The van der Waals surface area contributed by atoms with Gasteiger partial charge in [0, 0.05) is 24.5 Å². The summed E-state index contributed by atoms with van der Waals surface area (Å²) in [5, 5.41) is 3.44. The van der Waals surface area contributed by atoms with E-state index in [1.54, 1.807) is 30.2 Å². The molecule has 1 N–H and O–H groups in total. The van der Waals surface area contributed by atoms with Gasteiger partial charge in [0.15, 0.2) is 0 Å². The summed E-state index contributed by atoms with van der Waals surface area (Å²) in [4.78, 5) is 26.5. The summed E-state index contributed by atoms with van der Waals surface area (Å²) in [5.41, 5.74) is 1.70. The van der Waals surface area contributed by atoms with E-state index in [9.17, 15) is 9.59 Å². The molecule has 0 saturated carbocycles. The number of amides is 2. The first-order valence-corrected chi connectivity index (χ1v) is 9.44. The van der Waals surface area contributed by atoms with Crippen LogP contribution in [0.15, 0.2) is 42.5 Å². The van der Waals surface area contributed by atoms with E-state index in [-0.39, 0.29) is 18.2 Å². The SMILES string of the molecule is COc1ccc(CCNC(=O)[C@H]2CC(=O)N(c3cc(Cl)ccc3OC)C2)cc1. The second-order valence-corrected chi connectivity index (χ2v) is 7.05. The molecule has 2 amide bonds. The molecule has 0 radical (unpaired) electrons. The molecule has 28 heavy (non-hydrogen) atoms. The number of halogens is 1. The third-order valence-corrected chi connectivity index (χ3v) is 5.03. The van der Waals surface area contributed by atoms with Crippen molar-refractivity contribution in [2.45, 2.75) is 12.8 Å². The minimum Gasteiger partial charge on any atom is -0.497 e. The average molecular weight is 403 g/mol. The van der Waals surface area contributed by atoms with Crippen LogP contribution in [0, 0.1) is 5.92 Å². The molecule has 0 unspecified atom stereocenters. The number of benzene rings is 2. The Labute approximate surface area is 169 Å². The number of ether oxygens (including phenoxy) is 2. The Morgan fingerprint density at radius 1 is 1.18 bits per heavy atom. The van der Waals surface area contributed by atoms with Crippen molar-refractivity contribution in [1.29, 1.82) is 0 Å². The van der Waals surface area contributed by atoms with E-state index >= 15 is 0 Å². The van der Waals surface area contributed by atoms with Gasteiger partial charge in [0.1, 0.15) is 11.5 Å². The Bertz CT molecular complexity index is 854. The molecule has 7 heteroatoms. The van der Waals surface area contributed by atoms with Crippen LogP contribution in [-0.4, -0.2) is 39.1 Å². The molecular formula is C21H23ClN2O4. The van der Waals surface area contributed by atoms with Crippen LogP contribution >= 0.6 is 11.6 Å². The van der Waals surface area contributed by atoms with Crippen LogP contribution in [0.25, 0.3) is 0 Å². The maximum atomic E-state index is 12.5. The highest BCUT2D eigenvalue weighted by atomic mass is 35.5. The summed E-state index contributed by atoms with van der Waals surface area (Å²) in [6, 6.07) is 12.8. The van der Waals surface area contributed by atoms with Crippen molar-refractivity contribution in [1.82, 2.24) is 5.32 Å². The maximum Gasteiger partial charge on any atom is 0.227 e. The molecule has 1 aliphatic heterocycles. The quantitative estimate of drug-likeness (QED) is 0.772. The molecule has 1 aliphatic rings. The van der Waals surface area contributed by atoms with Crippen LogP contribution in [0.4, 0.5) is 5.69 Å². The van der Waals surface area contributed by atoms with E-state index in [4.69, 9.17) is 21.1 Å². The minimum absolute atomic E-state index is 0.115. The van der Waals surface area contributed by atoms with Crippen molar-refractivity contribution < 1.29 is 19.1 Å². The predicted octanol–water partition coefficient (Wildman–Crippen LogP) is 3.07. The predicted molar refractivity (Wildman–Crippen MR) is 108 cm³/mol. The Balaban J connectivity index is 1.57. The first-order chi connectivity index (χ1) is 13.5. The summed E-state index contributed by atoms with van der Waals surface area (Å²) in [6.45, 7) is 0.820. The van der Waals surface area contributed by atoms with Crippen LogP contribution in [-0.2, 0) is 16.0 Å². The van der Waals surface area contributed by atoms with Crippen molar-refractivity contribution >= 4 is 29.1 Å². The molecular weight excluding hydrogens is 380 g/mol. The number of anilines is 1. The topological polar surface area (TPSA) is 67.9 Å². The number of carbonyl (C=O) groups excluding carboxylic acids is 2. The average Bonchev–Trinajstić information content (AvgIpc) is 3.10. The van der Waals surface area contributed by atoms with Gasteiger partial charge in [0.05, 0.1) is 25.8 Å². The van der Waals surface area contributed by atoms with Crippen LogP contribution < -0.4 is 19.7 Å². The Morgan fingerprint density at radius 2 is 1.93 bits per heavy atom. The number of hydrogen-bond acceptors (Lipinski definition) is 4. The largest absolute Gasteiger partial charge is 0.497 e. The number of hydrogen-bond donors (Lipinski definition) is 1. The number of nitrogens with one attached hydrogen (secondary N) is 1. The first kappa shape index (κ1) is 20.0. The molecule has 1 heterocycles. The summed E-state index contributed by atoms with van der Waals surface area (Å²) in [7, 11) is 3.16. The number of nitrogens with zero attached hydrogens (tertiary/aromatic N) is 1. The van der Waals surface area contributed by atoms with Gasteiger partial charge >= 0.3 is 0 Å². The van der Waals surface area contributed by atoms with Crippen molar-refractivity contribution in [3.8, 4) is 11.5 Å². The van der Waals surface area contributed by atoms with Gasteiger partial charge in [-0.05, 0) is 42.3 Å². The molecule has 1 fully saturated rings. The fourth-order valence-corrected chi connectivity index (χ4v) is 3.42. The lowest BCUT2D eigenvalue weighted by Gasteiger charge is -2.20. The number of carbonyl (C=O) groups is 2. The van der Waals surface area contributed by atoms with Crippen molar-refractivity contribution in [2.24, 2.45) is 5.92 Å². The highest BCUT2D eigenvalue weighted by Gasteiger charge is 2.36. The standard InChI is InChI=1S/C21H23ClN2O4/c1-27-17-6-3-14(4-7-17)9-10-23-21(26)15-11-20(25)24(13-15)18-12-16(22)5-8-19(18)28-2/h3-8,12,15H,9-11,13H2,1-2H3,(H,23,26)/t15-/m0/s1. The number of methoxy groups -OCH3 is 2. The first-order valence-electron chi connectivity index (χ1n) is 9.06.